The zero-order valence-corrected chi connectivity index (χ0v) is 24.3. The van der Waals surface area contributed by atoms with Gasteiger partial charge in [0, 0.05) is 29.4 Å². The lowest BCUT2D eigenvalue weighted by molar-refractivity contribution is -0.117. The van der Waals surface area contributed by atoms with E-state index >= 15 is 0 Å². The molecule has 0 spiro atoms. The van der Waals surface area contributed by atoms with Crippen LogP contribution < -0.4 is 26.3 Å². The van der Waals surface area contributed by atoms with Crippen LogP contribution in [0.3, 0.4) is 0 Å². The highest BCUT2D eigenvalue weighted by Gasteiger charge is 2.13. The van der Waals surface area contributed by atoms with E-state index in [1.54, 1.807) is 36.6 Å². The first-order valence-electron chi connectivity index (χ1n) is 13.6. The Bertz CT molecular complexity index is 1250. The number of benzene rings is 2. The number of carbonyl (C=O) groups is 1. The van der Waals surface area contributed by atoms with Crippen LogP contribution in [0, 0.1) is 5.92 Å². The largest absolute Gasteiger partial charge is 0.493 e. The Hall–Kier alpha value is -3.85. The third-order valence-corrected chi connectivity index (χ3v) is 7.61. The molecule has 1 heterocycles. The Kier molecular flexibility index (Phi) is 12.5. The van der Waals surface area contributed by atoms with Crippen LogP contribution in [0.1, 0.15) is 56.1 Å². The summed E-state index contributed by atoms with van der Waals surface area (Å²) in [7, 11) is 3.07. The third-order valence-electron chi connectivity index (χ3n) is 6.78. The highest BCUT2D eigenvalue weighted by molar-refractivity contribution is 7.13. The lowest BCUT2D eigenvalue weighted by atomic mass is 9.86. The number of nitrogens with zero attached hydrogens (tertiary/aromatic N) is 2. The van der Waals surface area contributed by atoms with Crippen molar-refractivity contribution in [3.8, 4) is 22.1 Å². The highest BCUT2D eigenvalue weighted by Crippen LogP contribution is 2.29. The molecule has 1 amide bonds. The number of ether oxygens (including phenoxy) is 2. The number of allylic oxidation sites excluding steroid dienone is 1. The molecule has 40 heavy (non-hydrogen) atoms. The fourth-order valence-electron chi connectivity index (χ4n) is 4.70. The van der Waals surface area contributed by atoms with Gasteiger partial charge in [-0.2, -0.15) is 4.99 Å². The summed E-state index contributed by atoms with van der Waals surface area (Å²) < 4.78 is 10.2. The van der Waals surface area contributed by atoms with Gasteiger partial charge in [-0.1, -0.05) is 62.9 Å². The monoisotopic (exact) mass is 563 g/mol. The van der Waals surface area contributed by atoms with Crippen molar-refractivity contribution in [1.29, 1.82) is 0 Å². The van der Waals surface area contributed by atoms with Gasteiger partial charge in [0.2, 0.25) is 0 Å². The van der Waals surface area contributed by atoms with Gasteiger partial charge in [0.25, 0.3) is 5.91 Å². The molecule has 1 fully saturated rings. The number of nitrogens with one attached hydrogen (secondary N) is 1. The molecule has 214 valence electrons. The Balaban J connectivity index is 0.000000232. The Morgan fingerprint density at radius 2 is 1.85 bits per heavy atom. The topological polar surface area (TPSA) is 125 Å². The van der Waals surface area contributed by atoms with Crippen LogP contribution in [0.15, 0.2) is 71.3 Å². The molecule has 3 aromatic rings. The van der Waals surface area contributed by atoms with Crippen molar-refractivity contribution in [3.63, 3.8) is 0 Å². The van der Waals surface area contributed by atoms with Gasteiger partial charge < -0.3 is 26.3 Å². The minimum Gasteiger partial charge on any atom is -0.493 e. The molecule has 1 aliphatic rings. The van der Waals surface area contributed by atoms with Gasteiger partial charge in [0.1, 0.15) is 5.01 Å². The van der Waals surface area contributed by atoms with Crippen LogP contribution in [0.25, 0.3) is 10.6 Å². The summed E-state index contributed by atoms with van der Waals surface area (Å²) in [5.41, 5.74) is 14.6. The molecular weight excluding hydrogens is 522 g/mol. The van der Waals surface area contributed by atoms with Gasteiger partial charge in [-0.3, -0.25) is 4.79 Å². The van der Waals surface area contributed by atoms with Crippen molar-refractivity contribution < 1.29 is 14.3 Å². The summed E-state index contributed by atoms with van der Waals surface area (Å²) in [6, 6.07) is 13.8. The zero-order valence-electron chi connectivity index (χ0n) is 23.5. The average Bonchev–Trinajstić information content (AvgIpc) is 3.51. The van der Waals surface area contributed by atoms with Crippen LogP contribution in [-0.2, 0) is 17.8 Å². The molecule has 0 saturated heterocycles. The molecule has 0 atom stereocenters. The van der Waals surface area contributed by atoms with Crippen molar-refractivity contribution in [2.45, 2.75) is 57.9 Å². The number of methoxy groups -OCH3 is 2. The molecule has 0 radical (unpaired) electrons. The molecule has 0 unspecified atom stereocenters. The SMILES string of the molecule is C=C(CCC1CCCCC1)NCc1cccc(-c2nccs2)c1.COc1ccc(CC(=O)N=C(N)N)cc1OC. The first kappa shape index (κ1) is 30.7. The molecule has 2 aromatic carbocycles. The van der Waals surface area contributed by atoms with E-state index in [4.69, 9.17) is 20.9 Å². The molecule has 1 aliphatic carbocycles. The summed E-state index contributed by atoms with van der Waals surface area (Å²) in [6.07, 6.45) is 11.5. The molecule has 8 nitrogen and oxygen atoms in total. The molecule has 0 aliphatic heterocycles. The molecule has 4 rings (SSSR count). The van der Waals surface area contributed by atoms with Crippen molar-refractivity contribution >= 4 is 23.2 Å². The molecule has 1 aromatic heterocycles. The normalized spacial score (nSPS) is 12.9. The lowest BCUT2D eigenvalue weighted by Gasteiger charge is -2.22. The fourth-order valence-corrected chi connectivity index (χ4v) is 5.33. The number of guanidine groups is 1. The van der Waals surface area contributed by atoms with E-state index in [1.807, 2.05) is 11.6 Å². The number of nitrogens with two attached hydrogens (primary N) is 2. The van der Waals surface area contributed by atoms with E-state index in [-0.39, 0.29) is 12.4 Å². The Labute approximate surface area is 241 Å². The van der Waals surface area contributed by atoms with Crippen molar-refractivity contribution in [1.82, 2.24) is 10.3 Å². The smallest absolute Gasteiger partial charge is 0.253 e. The quantitative estimate of drug-likeness (QED) is 0.198. The van der Waals surface area contributed by atoms with Crippen LogP contribution in [0.2, 0.25) is 0 Å². The van der Waals surface area contributed by atoms with Crippen molar-refractivity contribution in [2.75, 3.05) is 14.2 Å². The number of aromatic nitrogens is 1. The summed E-state index contributed by atoms with van der Waals surface area (Å²) in [5, 5.41) is 6.61. The average molecular weight is 564 g/mol. The van der Waals surface area contributed by atoms with Gasteiger partial charge in [0.15, 0.2) is 17.5 Å². The predicted molar refractivity (Wildman–Crippen MR) is 163 cm³/mol. The number of thiazole rings is 1. The van der Waals surface area contributed by atoms with Gasteiger partial charge in [0.05, 0.1) is 20.6 Å². The van der Waals surface area contributed by atoms with E-state index in [1.165, 1.54) is 62.5 Å². The van der Waals surface area contributed by atoms with E-state index in [2.05, 4.69) is 46.1 Å². The van der Waals surface area contributed by atoms with Crippen molar-refractivity contribution in [3.05, 3.63) is 77.4 Å². The fraction of sp³-hybridized carbons (Fsp3) is 0.387. The summed E-state index contributed by atoms with van der Waals surface area (Å²) in [4.78, 5) is 19.2. The summed E-state index contributed by atoms with van der Waals surface area (Å²) in [6.45, 7) is 5.06. The molecule has 9 heteroatoms. The first-order valence-corrected chi connectivity index (χ1v) is 14.5. The lowest BCUT2D eigenvalue weighted by Crippen LogP contribution is -2.24. The second kappa shape index (κ2) is 16.3. The maximum Gasteiger partial charge on any atom is 0.253 e. The van der Waals surface area contributed by atoms with E-state index in [9.17, 15) is 4.79 Å². The standard InChI is InChI=1S/C20H26N2S.C11H15N3O3/c1-16(10-11-17-6-3-2-4-7-17)22-15-18-8-5-9-19(14-18)20-21-12-13-23-20;1-16-8-4-3-7(5-9(8)17-2)6-10(15)14-11(12)13/h5,8-9,12-14,17,22H,1-4,6-7,10-11,15H2;3-5H,6H2,1-2H3,(H4,12,13,14,15). The minimum absolute atomic E-state index is 0.109. The van der Waals surface area contributed by atoms with Crippen LogP contribution >= 0.6 is 11.3 Å². The van der Waals surface area contributed by atoms with Crippen LogP contribution in [-0.4, -0.2) is 31.1 Å². The molecular formula is C31H41N5O3S. The molecule has 5 N–H and O–H groups in total. The Morgan fingerprint density at radius 1 is 1.07 bits per heavy atom. The number of carbonyl (C=O) groups excluding carboxylic acids is 1. The number of rotatable bonds is 11. The van der Waals surface area contributed by atoms with Crippen LogP contribution in [0.4, 0.5) is 0 Å². The second-order valence-corrected chi connectivity index (χ2v) is 10.7. The van der Waals surface area contributed by atoms with E-state index in [0.29, 0.717) is 11.5 Å². The predicted octanol–water partition coefficient (Wildman–Crippen LogP) is 5.82. The van der Waals surface area contributed by atoms with Gasteiger partial charge in [-0.15, -0.1) is 11.3 Å². The second-order valence-electron chi connectivity index (χ2n) is 9.83. The van der Waals surface area contributed by atoms with Crippen molar-refractivity contribution in [2.24, 2.45) is 22.4 Å². The third kappa shape index (κ3) is 10.4. The zero-order chi connectivity index (χ0) is 28.7. The number of hydrogen-bond donors (Lipinski definition) is 3. The summed E-state index contributed by atoms with van der Waals surface area (Å²) in [5.74, 6) is 1.44. The van der Waals surface area contributed by atoms with E-state index in [0.717, 1.165) is 29.5 Å². The maximum atomic E-state index is 11.4. The Morgan fingerprint density at radius 3 is 2.52 bits per heavy atom. The minimum atomic E-state index is -0.405. The molecule has 1 saturated carbocycles. The maximum absolute atomic E-state index is 11.4. The van der Waals surface area contributed by atoms with Gasteiger partial charge in [-0.25, -0.2) is 4.98 Å². The number of amides is 1. The molecule has 0 bridgehead atoms. The van der Waals surface area contributed by atoms with E-state index < -0.39 is 5.91 Å². The summed E-state index contributed by atoms with van der Waals surface area (Å²) >= 11 is 1.68. The number of aliphatic imine (C=N–C) groups is 1. The highest BCUT2D eigenvalue weighted by atomic mass is 32.1. The first-order chi connectivity index (χ1) is 19.4. The van der Waals surface area contributed by atoms with Gasteiger partial charge in [-0.05, 0) is 48.1 Å². The van der Waals surface area contributed by atoms with Gasteiger partial charge >= 0.3 is 0 Å². The number of hydrogen-bond acceptors (Lipinski definition) is 6. The van der Waals surface area contributed by atoms with Crippen LogP contribution in [0.5, 0.6) is 11.5 Å².